The van der Waals surface area contributed by atoms with Crippen LogP contribution in [-0.4, -0.2) is 39.7 Å². The molecular formula is C19H31N3O3S. The van der Waals surface area contributed by atoms with E-state index in [2.05, 4.69) is 10.0 Å². The van der Waals surface area contributed by atoms with Gasteiger partial charge in [0.2, 0.25) is 15.9 Å². The fraction of sp³-hybridized carbons (Fsp3) is 0.632. The number of benzene rings is 1. The molecule has 2 rings (SSSR count). The Balaban J connectivity index is 1.78. The van der Waals surface area contributed by atoms with Crippen LogP contribution in [-0.2, 0) is 21.4 Å². The molecule has 0 radical (unpaired) electrons. The van der Waals surface area contributed by atoms with Crippen molar-refractivity contribution >= 4 is 21.6 Å². The number of rotatable bonds is 7. The number of hydrogen-bond acceptors (Lipinski definition) is 4. The Morgan fingerprint density at radius 1 is 1.12 bits per heavy atom. The van der Waals surface area contributed by atoms with E-state index in [1.807, 2.05) is 43.3 Å². The molecule has 6 nitrogen and oxygen atoms in total. The summed E-state index contributed by atoms with van der Waals surface area (Å²) in [6.07, 6.45) is 2.86. The highest BCUT2D eigenvalue weighted by Gasteiger charge is 2.29. The van der Waals surface area contributed by atoms with Gasteiger partial charge in [-0.2, -0.15) is 0 Å². The van der Waals surface area contributed by atoms with Gasteiger partial charge in [0.15, 0.2) is 0 Å². The van der Waals surface area contributed by atoms with Crippen molar-refractivity contribution in [1.82, 2.24) is 10.0 Å². The lowest BCUT2D eigenvalue weighted by molar-refractivity contribution is -0.126. The van der Waals surface area contributed by atoms with Crippen LogP contribution in [0.3, 0.4) is 0 Å². The van der Waals surface area contributed by atoms with Crippen molar-refractivity contribution in [3.05, 3.63) is 29.8 Å². The van der Waals surface area contributed by atoms with Crippen molar-refractivity contribution in [3.8, 4) is 0 Å². The topological polar surface area (TPSA) is 78.5 Å². The molecule has 0 aliphatic heterocycles. The number of sulfonamides is 1. The molecule has 1 amide bonds. The summed E-state index contributed by atoms with van der Waals surface area (Å²) >= 11 is 0. The van der Waals surface area contributed by atoms with E-state index in [9.17, 15) is 13.2 Å². The molecule has 0 saturated heterocycles. The Kier molecular flexibility index (Phi) is 7.06. The third-order valence-electron chi connectivity index (χ3n) is 4.97. The Bertz CT molecular complexity index is 691. The second kappa shape index (κ2) is 8.86. The molecule has 0 atom stereocenters. The molecule has 1 aliphatic rings. The smallest absolute Gasteiger partial charge is 0.223 e. The number of carbonyl (C=O) groups excluding carboxylic acids is 1. The van der Waals surface area contributed by atoms with Gasteiger partial charge in [0.05, 0.1) is 5.25 Å². The average molecular weight is 382 g/mol. The molecule has 1 aromatic rings. The van der Waals surface area contributed by atoms with E-state index in [0.717, 1.165) is 24.1 Å². The Labute approximate surface area is 157 Å². The first-order chi connectivity index (χ1) is 12.2. The van der Waals surface area contributed by atoms with Crippen molar-refractivity contribution < 1.29 is 13.2 Å². The Morgan fingerprint density at radius 2 is 1.69 bits per heavy atom. The van der Waals surface area contributed by atoms with Gasteiger partial charge in [0, 0.05) is 38.3 Å². The van der Waals surface area contributed by atoms with Crippen LogP contribution in [0.2, 0.25) is 0 Å². The number of anilines is 1. The van der Waals surface area contributed by atoms with E-state index in [0.29, 0.717) is 19.4 Å². The van der Waals surface area contributed by atoms with Crippen molar-refractivity contribution in [2.75, 3.05) is 19.0 Å². The highest BCUT2D eigenvalue weighted by atomic mass is 32.2. The molecule has 1 saturated carbocycles. The Hall–Kier alpha value is -1.60. The molecule has 2 N–H and O–H groups in total. The van der Waals surface area contributed by atoms with Gasteiger partial charge < -0.3 is 10.2 Å². The van der Waals surface area contributed by atoms with E-state index in [1.54, 1.807) is 13.8 Å². The maximum Gasteiger partial charge on any atom is 0.223 e. The molecule has 0 heterocycles. The minimum absolute atomic E-state index is 0.0316. The van der Waals surface area contributed by atoms with E-state index < -0.39 is 15.3 Å². The summed E-state index contributed by atoms with van der Waals surface area (Å²) in [5.41, 5.74) is 2.20. The highest BCUT2D eigenvalue weighted by molar-refractivity contribution is 7.90. The molecule has 0 spiro atoms. The summed E-state index contributed by atoms with van der Waals surface area (Å²) in [6.45, 7) is 3.87. The Morgan fingerprint density at radius 3 is 2.19 bits per heavy atom. The monoisotopic (exact) mass is 381 g/mol. The fourth-order valence-electron chi connectivity index (χ4n) is 3.09. The second-order valence-corrected chi connectivity index (χ2v) is 9.81. The lowest BCUT2D eigenvalue weighted by atomic mass is 9.86. The van der Waals surface area contributed by atoms with Gasteiger partial charge in [-0.3, -0.25) is 4.79 Å². The van der Waals surface area contributed by atoms with Crippen molar-refractivity contribution in [1.29, 1.82) is 0 Å². The summed E-state index contributed by atoms with van der Waals surface area (Å²) in [7, 11) is 0.743. The van der Waals surface area contributed by atoms with Crippen LogP contribution in [0.4, 0.5) is 5.69 Å². The van der Waals surface area contributed by atoms with Crippen LogP contribution in [0.15, 0.2) is 24.3 Å². The number of carbonyl (C=O) groups is 1. The first-order valence-corrected chi connectivity index (χ1v) is 10.8. The second-order valence-electron chi connectivity index (χ2n) is 7.54. The van der Waals surface area contributed by atoms with Crippen LogP contribution in [0, 0.1) is 5.92 Å². The predicted molar refractivity (Wildman–Crippen MR) is 106 cm³/mol. The molecular weight excluding hydrogens is 350 g/mol. The first-order valence-electron chi connectivity index (χ1n) is 9.24. The maximum absolute atomic E-state index is 12.4. The summed E-state index contributed by atoms with van der Waals surface area (Å²) in [5.74, 6) is 0.0303. The summed E-state index contributed by atoms with van der Waals surface area (Å²) in [4.78, 5) is 14.4. The standard InChI is InChI=1S/C19H31N3O3S/c1-14(2)26(24,25)21-17-9-7-16(8-10-17)19(23)20-13-15-5-11-18(12-6-15)22(3)4/h5-6,11-12,14,16-17,21H,7-10,13H2,1-4H3,(H,20,23). The van der Waals surface area contributed by atoms with Crippen LogP contribution >= 0.6 is 0 Å². The molecule has 1 aromatic carbocycles. The number of hydrogen-bond donors (Lipinski definition) is 2. The zero-order valence-electron chi connectivity index (χ0n) is 16.2. The maximum atomic E-state index is 12.4. The molecule has 0 bridgehead atoms. The van der Waals surface area contributed by atoms with E-state index in [-0.39, 0.29) is 17.9 Å². The van der Waals surface area contributed by atoms with Crippen LogP contribution in [0.25, 0.3) is 0 Å². The normalized spacial score (nSPS) is 20.8. The molecule has 26 heavy (non-hydrogen) atoms. The van der Waals surface area contributed by atoms with Crippen molar-refractivity contribution in [2.24, 2.45) is 5.92 Å². The minimum Gasteiger partial charge on any atom is -0.378 e. The summed E-state index contributed by atoms with van der Waals surface area (Å²) in [5, 5.41) is 2.58. The lowest BCUT2D eigenvalue weighted by Crippen LogP contribution is -2.43. The summed E-state index contributed by atoms with van der Waals surface area (Å²) < 4.78 is 26.7. The number of nitrogens with zero attached hydrogens (tertiary/aromatic N) is 1. The quantitative estimate of drug-likeness (QED) is 0.759. The highest BCUT2D eigenvalue weighted by Crippen LogP contribution is 2.25. The zero-order chi connectivity index (χ0) is 19.3. The van der Waals surface area contributed by atoms with E-state index in [4.69, 9.17) is 0 Å². The van der Waals surface area contributed by atoms with Gasteiger partial charge in [-0.1, -0.05) is 12.1 Å². The van der Waals surface area contributed by atoms with Gasteiger partial charge in [0.1, 0.15) is 0 Å². The third kappa shape index (κ3) is 5.71. The molecule has 1 fully saturated rings. The van der Waals surface area contributed by atoms with Crippen LogP contribution in [0.1, 0.15) is 45.1 Å². The summed E-state index contributed by atoms with van der Waals surface area (Å²) in [6, 6.07) is 8.06. The molecule has 0 aromatic heterocycles. The lowest BCUT2D eigenvalue weighted by Gasteiger charge is -2.28. The van der Waals surface area contributed by atoms with Crippen molar-refractivity contribution in [2.45, 2.75) is 57.4 Å². The van der Waals surface area contributed by atoms with Gasteiger partial charge in [0.25, 0.3) is 0 Å². The first kappa shape index (κ1) is 20.7. The van der Waals surface area contributed by atoms with Crippen LogP contribution in [0.5, 0.6) is 0 Å². The SMILES string of the molecule is CC(C)S(=O)(=O)NC1CCC(C(=O)NCc2ccc(N(C)C)cc2)CC1. The molecule has 146 valence electrons. The predicted octanol–water partition coefficient (Wildman–Crippen LogP) is 2.26. The average Bonchev–Trinajstić information content (AvgIpc) is 2.60. The van der Waals surface area contributed by atoms with Gasteiger partial charge in [-0.25, -0.2) is 13.1 Å². The fourth-order valence-corrected chi connectivity index (χ4v) is 4.06. The van der Waals surface area contributed by atoms with Gasteiger partial charge in [-0.15, -0.1) is 0 Å². The van der Waals surface area contributed by atoms with E-state index >= 15 is 0 Å². The molecule has 0 unspecified atom stereocenters. The molecule has 1 aliphatic carbocycles. The van der Waals surface area contributed by atoms with Gasteiger partial charge in [-0.05, 0) is 57.2 Å². The number of nitrogens with one attached hydrogen (secondary N) is 2. The zero-order valence-corrected chi connectivity index (χ0v) is 17.0. The largest absolute Gasteiger partial charge is 0.378 e. The van der Waals surface area contributed by atoms with Gasteiger partial charge >= 0.3 is 0 Å². The minimum atomic E-state index is -3.25. The number of amides is 1. The van der Waals surface area contributed by atoms with Crippen LogP contribution < -0.4 is 14.9 Å². The van der Waals surface area contributed by atoms with E-state index in [1.165, 1.54) is 0 Å². The van der Waals surface area contributed by atoms with Crippen molar-refractivity contribution in [3.63, 3.8) is 0 Å². The third-order valence-corrected chi connectivity index (χ3v) is 6.87. The molecule has 7 heteroatoms.